The van der Waals surface area contributed by atoms with E-state index in [0.717, 1.165) is 18.5 Å². The minimum Gasteiger partial charge on any atom is -0.369 e. The van der Waals surface area contributed by atoms with Crippen LogP contribution in [0.5, 0.6) is 0 Å². The van der Waals surface area contributed by atoms with Crippen LogP contribution in [0.1, 0.15) is 42.2 Å². The van der Waals surface area contributed by atoms with Crippen LogP contribution in [0.25, 0.3) is 0 Å². The van der Waals surface area contributed by atoms with Crippen LogP contribution in [0, 0.1) is 0 Å². The van der Waals surface area contributed by atoms with Crippen molar-refractivity contribution in [1.29, 1.82) is 0 Å². The van der Waals surface area contributed by atoms with Gasteiger partial charge in [-0.1, -0.05) is 50.1 Å². The molecule has 0 spiro atoms. The Bertz CT molecular complexity index is 598. The Kier molecular flexibility index (Phi) is 6.54. The van der Waals surface area contributed by atoms with Gasteiger partial charge in [-0.05, 0) is 12.0 Å². The maximum absolute atomic E-state index is 12.4. The Labute approximate surface area is 137 Å². The third-order valence-corrected chi connectivity index (χ3v) is 3.57. The van der Waals surface area contributed by atoms with Gasteiger partial charge in [-0.25, -0.2) is 9.97 Å². The lowest BCUT2D eigenvalue weighted by Gasteiger charge is -2.16. The predicted octanol–water partition coefficient (Wildman–Crippen LogP) is 3.35. The maximum atomic E-state index is 12.4. The number of nitrogens with one attached hydrogen (secondary N) is 1. The van der Waals surface area contributed by atoms with Crippen molar-refractivity contribution < 1.29 is 4.79 Å². The zero-order valence-corrected chi connectivity index (χ0v) is 13.8. The van der Waals surface area contributed by atoms with Crippen molar-refractivity contribution in [2.75, 3.05) is 18.9 Å². The van der Waals surface area contributed by atoms with Crippen LogP contribution in [0.15, 0.2) is 42.7 Å². The Balaban J connectivity index is 1.89. The number of hydrogen-bond donors (Lipinski definition) is 1. The summed E-state index contributed by atoms with van der Waals surface area (Å²) in [6, 6.07) is 9.89. The second-order valence-electron chi connectivity index (χ2n) is 5.57. The van der Waals surface area contributed by atoms with Crippen molar-refractivity contribution >= 4 is 11.7 Å². The number of aromatic nitrogens is 2. The third-order valence-electron chi connectivity index (χ3n) is 3.57. The summed E-state index contributed by atoms with van der Waals surface area (Å²) in [6.07, 6.45) is 6.65. The van der Waals surface area contributed by atoms with E-state index < -0.39 is 0 Å². The molecule has 0 aliphatic carbocycles. The number of anilines is 1. The molecule has 0 unspecified atom stereocenters. The van der Waals surface area contributed by atoms with E-state index in [1.54, 1.807) is 18.1 Å². The highest BCUT2D eigenvalue weighted by Gasteiger charge is 2.13. The van der Waals surface area contributed by atoms with Gasteiger partial charge in [0.15, 0.2) is 0 Å². The lowest BCUT2D eigenvalue weighted by Crippen LogP contribution is -2.27. The van der Waals surface area contributed by atoms with Crippen LogP contribution in [0.3, 0.4) is 0 Å². The molecule has 23 heavy (non-hydrogen) atoms. The SMILES string of the molecule is CCCCCNc1cnc(C(=O)N(C)Cc2ccccc2)cn1. The summed E-state index contributed by atoms with van der Waals surface area (Å²) >= 11 is 0. The monoisotopic (exact) mass is 312 g/mol. The first kappa shape index (κ1) is 16.9. The zero-order valence-electron chi connectivity index (χ0n) is 13.8. The molecule has 0 radical (unpaired) electrons. The Hall–Kier alpha value is -2.43. The summed E-state index contributed by atoms with van der Waals surface area (Å²) in [5.41, 5.74) is 1.45. The minimum absolute atomic E-state index is 0.126. The summed E-state index contributed by atoms with van der Waals surface area (Å²) in [6.45, 7) is 3.61. The molecule has 1 N–H and O–H groups in total. The van der Waals surface area contributed by atoms with Gasteiger partial charge >= 0.3 is 0 Å². The number of hydrogen-bond acceptors (Lipinski definition) is 4. The molecule has 0 fully saturated rings. The van der Waals surface area contributed by atoms with E-state index >= 15 is 0 Å². The van der Waals surface area contributed by atoms with Crippen LogP contribution < -0.4 is 5.32 Å². The molecule has 0 aliphatic rings. The molecule has 1 heterocycles. The first-order valence-electron chi connectivity index (χ1n) is 8.06. The van der Waals surface area contributed by atoms with Crippen LogP contribution in [0.2, 0.25) is 0 Å². The molecule has 1 amide bonds. The lowest BCUT2D eigenvalue weighted by molar-refractivity contribution is 0.0779. The van der Waals surface area contributed by atoms with Crippen LogP contribution in [0.4, 0.5) is 5.82 Å². The van der Waals surface area contributed by atoms with Crippen molar-refractivity contribution in [3.8, 4) is 0 Å². The molecule has 122 valence electrons. The third kappa shape index (κ3) is 5.36. The van der Waals surface area contributed by atoms with Crippen molar-refractivity contribution in [3.63, 3.8) is 0 Å². The highest BCUT2D eigenvalue weighted by Crippen LogP contribution is 2.08. The summed E-state index contributed by atoms with van der Waals surface area (Å²) in [4.78, 5) is 22.5. The van der Waals surface area contributed by atoms with E-state index in [1.807, 2.05) is 30.3 Å². The number of carbonyl (C=O) groups is 1. The molecule has 5 heteroatoms. The number of carbonyl (C=O) groups excluding carboxylic acids is 1. The molecule has 0 atom stereocenters. The summed E-state index contributed by atoms with van der Waals surface area (Å²) < 4.78 is 0. The van der Waals surface area contributed by atoms with Gasteiger partial charge < -0.3 is 10.2 Å². The van der Waals surface area contributed by atoms with E-state index in [0.29, 0.717) is 18.1 Å². The molecule has 0 bridgehead atoms. The number of nitrogens with zero attached hydrogens (tertiary/aromatic N) is 3. The summed E-state index contributed by atoms with van der Waals surface area (Å²) in [5, 5.41) is 3.22. The minimum atomic E-state index is -0.126. The normalized spacial score (nSPS) is 10.3. The van der Waals surface area contributed by atoms with Gasteiger partial charge in [0.2, 0.25) is 0 Å². The van der Waals surface area contributed by atoms with Crippen LogP contribution in [-0.2, 0) is 6.54 Å². The molecule has 5 nitrogen and oxygen atoms in total. The highest BCUT2D eigenvalue weighted by atomic mass is 16.2. The standard InChI is InChI=1S/C18H24N4O/c1-3-4-8-11-19-17-13-20-16(12-21-17)18(23)22(2)14-15-9-6-5-7-10-15/h5-7,9-10,12-13H,3-4,8,11,14H2,1-2H3,(H,19,21). The highest BCUT2D eigenvalue weighted by molar-refractivity contribution is 5.91. The zero-order chi connectivity index (χ0) is 16.5. The Morgan fingerprint density at radius 1 is 1.13 bits per heavy atom. The molecule has 2 aromatic rings. The maximum Gasteiger partial charge on any atom is 0.274 e. The fourth-order valence-electron chi connectivity index (χ4n) is 2.25. The second-order valence-corrected chi connectivity index (χ2v) is 5.57. The van der Waals surface area contributed by atoms with Gasteiger partial charge in [-0.15, -0.1) is 0 Å². The number of unbranched alkanes of at least 4 members (excludes halogenated alkanes) is 2. The van der Waals surface area contributed by atoms with Gasteiger partial charge in [-0.3, -0.25) is 4.79 Å². The quantitative estimate of drug-likeness (QED) is 0.759. The van der Waals surface area contributed by atoms with Crippen LogP contribution in [-0.4, -0.2) is 34.4 Å². The van der Waals surface area contributed by atoms with Gasteiger partial charge in [-0.2, -0.15) is 0 Å². The van der Waals surface area contributed by atoms with E-state index in [9.17, 15) is 4.79 Å². The Morgan fingerprint density at radius 2 is 1.91 bits per heavy atom. The topological polar surface area (TPSA) is 58.1 Å². The molecule has 2 rings (SSSR count). The molecular formula is C18H24N4O. The molecule has 0 saturated heterocycles. The average Bonchev–Trinajstić information content (AvgIpc) is 2.59. The molecule has 1 aromatic heterocycles. The largest absolute Gasteiger partial charge is 0.369 e. The van der Waals surface area contributed by atoms with Crippen molar-refractivity contribution in [2.45, 2.75) is 32.7 Å². The fourth-order valence-corrected chi connectivity index (χ4v) is 2.25. The lowest BCUT2D eigenvalue weighted by atomic mass is 10.2. The molecule has 1 aromatic carbocycles. The summed E-state index contributed by atoms with van der Waals surface area (Å²) in [7, 11) is 1.77. The van der Waals surface area contributed by atoms with E-state index in [4.69, 9.17) is 0 Å². The van der Waals surface area contributed by atoms with Crippen molar-refractivity contribution in [1.82, 2.24) is 14.9 Å². The van der Waals surface area contributed by atoms with Crippen molar-refractivity contribution in [3.05, 3.63) is 54.0 Å². The predicted molar refractivity (Wildman–Crippen MR) is 92.3 cm³/mol. The van der Waals surface area contributed by atoms with E-state index in [-0.39, 0.29) is 5.91 Å². The summed E-state index contributed by atoms with van der Waals surface area (Å²) in [5.74, 6) is 0.585. The van der Waals surface area contributed by atoms with Crippen LogP contribution >= 0.6 is 0 Å². The van der Waals surface area contributed by atoms with Gasteiger partial charge in [0.05, 0.1) is 12.4 Å². The molecule has 0 saturated carbocycles. The second kappa shape index (κ2) is 8.88. The fraction of sp³-hybridized carbons (Fsp3) is 0.389. The first-order valence-corrected chi connectivity index (χ1v) is 8.06. The van der Waals surface area contributed by atoms with E-state index in [2.05, 4.69) is 22.2 Å². The molecular weight excluding hydrogens is 288 g/mol. The van der Waals surface area contributed by atoms with Gasteiger partial charge in [0.25, 0.3) is 5.91 Å². The average molecular weight is 312 g/mol. The number of benzene rings is 1. The Morgan fingerprint density at radius 3 is 2.57 bits per heavy atom. The van der Waals surface area contributed by atoms with Gasteiger partial charge in [0.1, 0.15) is 11.5 Å². The van der Waals surface area contributed by atoms with Gasteiger partial charge in [0, 0.05) is 20.1 Å². The molecule has 0 aliphatic heterocycles. The van der Waals surface area contributed by atoms with Crippen molar-refractivity contribution in [2.24, 2.45) is 0 Å². The number of amides is 1. The first-order chi connectivity index (χ1) is 11.2. The van der Waals surface area contributed by atoms with E-state index in [1.165, 1.54) is 19.0 Å². The smallest absolute Gasteiger partial charge is 0.274 e. The number of rotatable bonds is 8.